The summed E-state index contributed by atoms with van der Waals surface area (Å²) in [6.07, 6.45) is 7.08. The fraction of sp³-hybridized carbons (Fsp3) is 0.136. The van der Waals surface area contributed by atoms with E-state index in [4.69, 9.17) is 0 Å². The molecule has 2 aromatic heterocycles. The fourth-order valence-electron chi connectivity index (χ4n) is 3.71. The molecule has 0 saturated heterocycles. The first-order valence-electron chi connectivity index (χ1n) is 8.74. The van der Waals surface area contributed by atoms with Gasteiger partial charge >= 0.3 is 0 Å². The molecule has 3 nitrogen and oxygen atoms in total. The first kappa shape index (κ1) is 14.4. The molecule has 0 unspecified atom stereocenters. The molecule has 3 heteroatoms. The number of nitrogens with one attached hydrogen (secondary N) is 2. The summed E-state index contributed by atoms with van der Waals surface area (Å²) < 4.78 is 0. The van der Waals surface area contributed by atoms with E-state index >= 15 is 0 Å². The van der Waals surface area contributed by atoms with Gasteiger partial charge in [-0.05, 0) is 65.6 Å². The number of pyridine rings is 1. The molecule has 0 bridgehead atoms. The quantitative estimate of drug-likeness (QED) is 0.558. The minimum Gasteiger partial charge on any atom is -0.354 e. The van der Waals surface area contributed by atoms with Crippen LogP contribution in [0.15, 0.2) is 67.0 Å². The summed E-state index contributed by atoms with van der Waals surface area (Å²) in [5.74, 6) is 0. The topological polar surface area (TPSA) is 40.7 Å². The van der Waals surface area contributed by atoms with Gasteiger partial charge in [0.25, 0.3) is 0 Å². The van der Waals surface area contributed by atoms with Gasteiger partial charge in [0.2, 0.25) is 0 Å². The molecule has 122 valence electrons. The Balaban J connectivity index is 1.65. The van der Waals surface area contributed by atoms with E-state index in [0.29, 0.717) is 0 Å². The number of fused-ring (bicyclic) bond motifs is 3. The first-order valence-corrected chi connectivity index (χ1v) is 8.74. The van der Waals surface area contributed by atoms with Crippen molar-refractivity contribution in [2.45, 2.75) is 6.42 Å². The summed E-state index contributed by atoms with van der Waals surface area (Å²) in [6.45, 7) is 2.03. The van der Waals surface area contributed by atoms with Crippen molar-refractivity contribution in [3.05, 3.63) is 72.6 Å². The van der Waals surface area contributed by atoms with Crippen LogP contribution in [0.25, 0.3) is 38.5 Å². The van der Waals surface area contributed by atoms with Crippen molar-refractivity contribution < 1.29 is 0 Å². The van der Waals surface area contributed by atoms with E-state index in [1.807, 2.05) is 24.5 Å². The summed E-state index contributed by atoms with van der Waals surface area (Å²) in [4.78, 5) is 7.68. The maximum atomic E-state index is 4.10. The first-order chi connectivity index (χ1) is 12.4. The Morgan fingerprint density at radius 1 is 0.760 bits per heavy atom. The maximum absolute atomic E-state index is 4.10. The van der Waals surface area contributed by atoms with Gasteiger partial charge in [0, 0.05) is 40.7 Å². The molecule has 5 rings (SSSR count). The molecular formula is C22H19N3. The Morgan fingerprint density at radius 2 is 1.64 bits per heavy atom. The lowest BCUT2D eigenvalue weighted by Gasteiger charge is -2.14. The zero-order valence-corrected chi connectivity index (χ0v) is 13.9. The molecule has 3 heterocycles. The second kappa shape index (κ2) is 5.87. The molecule has 0 aliphatic carbocycles. The van der Waals surface area contributed by atoms with Crippen molar-refractivity contribution in [2.75, 3.05) is 13.1 Å². The molecule has 0 spiro atoms. The van der Waals surface area contributed by atoms with Crippen molar-refractivity contribution in [3.8, 4) is 11.1 Å². The minimum atomic E-state index is 0.969. The average Bonchev–Trinajstić information content (AvgIpc) is 3.06. The molecule has 2 aromatic carbocycles. The van der Waals surface area contributed by atoms with Crippen molar-refractivity contribution in [3.63, 3.8) is 0 Å². The average molecular weight is 325 g/mol. The summed E-state index contributed by atoms with van der Waals surface area (Å²) in [5, 5.41) is 5.96. The third-order valence-electron chi connectivity index (χ3n) is 5.05. The van der Waals surface area contributed by atoms with E-state index in [1.54, 1.807) is 0 Å². The highest BCUT2D eigenvalue weighted by Crippen LogP contribution is 2.32. The lowest BCUT2D eigenvalue weighted by atomic mass is 9.98. The molecule has 25 heavy (non-hydrogen) atoms. The number of hydrogen-bond donors (Lipinski definition) is 2. The zero-order chi connectivity index (χ0) is 16.6. The van der Waals surface area contributed by atoms with Crippen LogP contribution in [-0.2, 0) is 0 Å². The van der Waals surface area contributed by atoms with Gasteiger partial charge in [-0.15, -0.1) is 0 Å². The Kier molecular flexibility index (Phi) is 3.39. The van der Waals surface area contributed by atoms with Gasteiger partial charge in [-0.3, -0.25) is 4.98 Å². The molecule has 0 fully saturated rings. The van der Waals surface area contributed by atoms with Gasteiger partial charge in [0.1, 0.15) is 0 Å². The predicted molar refractivity (Wildman–Crippen MR) is 104 cm³/mol. The second-order valence-corrected chi connectivity index (χ2v) is 6.57. The van der Waals surface area contributed by atoms with Crippen molar-refractivity contribution in [2.24, 2.45) is 0 Å². The van der Waals surface area contributed by atoms with Crippen molar-refractivity contribution >= 4 is 27.4 Å². The normalized spacial score (nSPS) is 14.8. The molecule has 1 aliphatic rings. The summed E-state index contributed by atoms with van der Waals surface area (Å²) in [6, 6.07) is 17.5. The van der Waals surface area contributed by atoms with Crippen LogP contribution in [0.1, 0.15) is 12.0 Å². The highest BCUT2D eigenvalue weighted by atomic mass is 14.8. The van der Waals surface area contributed by atoms with Gasteiger partial charge in [0.05, 0.1) is 0 Å². The number of rotatable bonds is 2. The molecule has 1 aliphatic heterocycles. The van der Waals surface area contributed by atoms with Gasteiger partial charge in [0.15, 0.2) is 0 Å². The second-order valence-electron chi connectivity index (χ2n) is 6.57. The maximum Gasteiger partial charge on any atom is 0.0471 e. The molecule has 0 saturated carbocycles. The Hall–Kier alpha value is -2.91. The van der Waals surface area contributed by atoms with Crippen LogP contribution in [0.3, 0.4) is 0 Å². The lowest BCUT2D eigenvalue weighted by Crippen LogP contribution is -2.19. The number of aromatic nitrogens is 2. The van der Waals surface area contributed by atoms with E-state index in [1.165, 1.54) is 44.1 Å². The standard InChI is InChI=1S/C22H19N3/c1-3-19-20-13-17(15-5-9-23-10-6-15)2-4-21(20)25-22(19)14-18(1)16-7-11-24-12-8-16/h1-5,7-8,11-14,23,25H,6,9-10H2. The predicted octanol–water partition coefficient (Wildman–Crippen LogP) is 4.76. The smallest absolute Gasteiger partial charge is 0.0471 e. The van der Waals surface area contributed by atoms with E-state index in [-0.39, 0.29) is 0 Å². The van der Waals surface area contributed by atoms with Gasteiger partial charge in [-0.1, -0.05) is 24.3 Å². The highest BCUT2D eigenvalue weighted by molar-refractivity contribution is 6.09. The zero-order valence-electron chi connectivity index (χ0n) is 13.9. The number of hydrogen-bond acceptors (Lipinski definition) is 2. The summed E-state index contributed by atoms with van der Waals surface area (Å²) >= 11 is 0. The molecular weight excluding hydrogens is 306 g/mol. The molecule has 4 aromatic rings. The summed E-state index contributed by atoms with van der Waals surface area (Å²) in [5.41, 5.74) is 7.57. The van der Waals surface area contributed by atoms with Gasteiger partial charge in [-0.2, -0.15) is 0 Å². The SMILES string of the molecule is C1=C(c2ccc3[nH]c4cc(-c5ccncc5)ccc4c3c2)CCNC1. The largest absolute Gasteiger partial charge is 0.354 e. The van der Waals surface area contributed by atoms with Gasteiger partial charge in [-0.25, -0.2) is 0 Å². The van der Waals surface area contributed by atoms with Gasteiger partial charge < -0.3 is 10.3 Å². The molecule has 0 atom stereocenters. The van der Waals surface area contributed by atoms with Crippen LogP contribution in [0.4, 0.5) is 0 Å². The van der Waals surface area contributed by atoms with E-state index in [0.717, 1.165) is 19.5 Å². The number of aromatic amines is 1. The third-order valence-corrected chi connectivity index (χ3v) is 5.05. The number of nitrogens with zero attached hydrogens (tertiary/aromatic N) is 1. The van der Waals surface area contributed by atoms with Crippen molar-refractivity contribution in [1.82, 2.24) is 15.3 Å². The molecule has 2 N–H and O–H groups in total. The van der Waals surface area contributed by atoms with Crippen LogP contribution in [-0.4, -0.2) is 23.1 Å². The van der Waals surface area contributed by atoms with Crippen molar-refractivity contribution in [1.29, 1.82) is 0 Å². The van der Waals surface area contributed by atoms with E-state index in [2.05, 4.69) is 57.8 Å². The number of H-pyrrole nitrogens is 1. The Labute approximate surface area is 146 Å². The molecule has 0 amide bonds. The monoisotopic (exact) mass is 325 g/mol. The molecule has 0 radical (unpaired) electrons. The van der Waals surface area contributed by atoms with E-state index < -0.39 is 0 Å². The Bertz CT molecular complexity index is 1090. The number of benzene rings is 2. The lowest BCUT2D eigenvalue weighted by molar-refractivity contribution is 0.739. The van der Waals surface area contributed by atoms with Crippen LogP contribution in [0.2, 0.25) is 0 Å². The van der Waals surface area contributed by atoms with Crippen LogP contribution in [0.5, 0.6) is 0 Å². The summed E-state index contributed by atoms with van der Waals surface area (Å²) in [7, 11) is 0. The van der Waals surface area contributed by atoms with E-state index in [9.17, 15) is 0 Å². The Morgan fingerprint density at radius 3 is 2.48 bits per heavy atom. The minimum absolute atomic E-state index is 0.969. The third kappa shape index (κ3) is 2.53. The highest BCUT2D eigenvalue weighted by Gasteiger charge is 2.10. The van der Waals surface area contributed by atoms with Crippen LogP contribution >= 0.6 is 0 Å². The van der Waals surface area contributed by atoms with Crippen LogP contribution in [0, 0.1) is 0 Å². The van der Waals surface area contributed by atoms with Crippen LogP contribution < -0.4 is 5.32 Å². The fourth-order valence-corrected chi connectivity index (χ4v) is 3.71.